The van der Waals surface area contributed by atoms with Crippen molar-refractivity contribution in [1.82, 2.24) is 9.88 Å². The maximum Gasteiger partial charge on any atom is 0.416 e. The molecule has 156 valence electrons. The number of alkyl halides is 3. The Bertz CT molecular complexity index is 986. The van der Waals surface area contributed by atoms with Crippen molar-refractivity contribution < 1.29 is 22.4 Å². The lowest BCUT2D eigenvalue weighted by Gasteiger charge is -2.13. The number of rotatable bonds is 8. The third-order valence-corrected chi connectivity index (χ3v) is 4.86. The number of aromatic nitrogens is 1. The van der Waals surface area contributed by atoms with Crippen LogP contribution in [0.25, 0.3) is 11.1 Å². The molecule has 1 aromatic carbocycles. The highest BCUT2D eigenvalue weighted by Gasteiger charge is 2.30. The van der Waals surface area contributed by atoms with E-state index in [1.165, 1.54) is 6.07 Å². The molecule has 0 aliphatic rings. The lowest BCUT2D eigenvalue weighted by atomic mass is 10.1. The zero-order chi connectivity index (χ0) is 21.0. The van der Waals surface area contributed by atoms with Crippen LogP contribution in [-0.4, -0.2) is 17.0 Å². The molecular weight excluding hydrogens is 381 g/mol. The highest BCUT2D eigenvalue weighted by molar-refractivity contribution is 5.97. The first-order valence-corrected chi connectivity index (χ1v) is 9.83. The number of amides is 1. The average molecular weight is 406 g/mol. The molecule has 0 bridgehead atoms. The van der Waals surface area contributed by atoms with Crippen LogP contribution in [0.3, 0.4) is 0 Å². The molecule has 0 saturated heterocycles. The van der Waals surface area contributed by atoms with Crippen molar-refractivity contribution in [3.63, 3.8) is 0 Å². The maximum absolute atomic E-state index is 13.1. The molecule has 7 heteroatoms. The smallest absolute Gasteiger partial charge is 0.416 e. The molecule has 0 unspecified atom stereocenters. The van der Waals surface area contributed by atoms with E-state index in [9.17, 15) is 18.0 Å². The minimum atomic E-state index is -4.41. The highest BCUT2D eigenvalue weighted by atomic mass is 19.4. The molecule has 0 radical (unpaired) electrons. The van der Waals surface area contributed by atoms with E-state index in [2.05, 4.69) is 12.2 Å². The second-order valence-electron chi connectivity index (χ2n) is 7.24. The number of nitrogens with one attached hydrogen (secondary N) is 1. The fourth-order valence-corrected chi connectivity index (χ4v) is 3.40. The summed E-state index contributed by atoms with van der Waals surface area (Å²) < 4.78 is 46.5. The molecule has 4 nitrogen and oxygen atoms in total. The lowest BCUT2D eigenvalue weighted by Crippen LogP contribution is -2.27. The van der Waals surface area contributed by atoms with Crippen molar-refractivity contribution in [3.8, 4) is 0 Å². The number of carbonyl (C=O) groups excluding carboxylic acids is 1. The van der Waals surface area contributed by atoms with Crippen LogP contribution in [0.15, 0.2) is 40.8 Å². The third-order valence-electron chi connectivity index (χ3n) is 4.86. The maximum atomic E-state index is 13.1. The van der Waals surface area contributed by atoms with Gasteiger partial charge in [0.05, 0.1) is 11.1 Å². The van der Waals surface area contributed by atoms with Crippen LogP contribution in [0.1, 0.15) is 60.0 Å². The van der Waals surface area contributed by atoms with Gasteiger partial charge >= 0.3 is 6.18 Å². The van der Waals surface area contributed by atoms with Gasteiger partial charge in [-0.15, -0.1) is 0 Å². The fourth-order valence-electron chi connectivity index (χ4n) is 3.40. The minimum Gasteiger partial charge on any atom is -0.460 e. The van der Waals surface area contributed by atoms with Crippen molar-refractivity contribution in [2.75, 3.05) is 6.54 Å². The SMILES string of the molecule is CCCCCCNC(=O)c1cc2oc(C)cc2n1Cc1cccc(C(F)(F)F)c1. The topological polar surface area (TPSA) is 47.2 Å². The predicted octanol–water partition coefficient (Wildman–Crippen LogP) is 5.92. The molecule has 3 aromatic rings. The molecule has 0 fully saturated rings. The minimum absolute atomic E-state index is 0.144. The first-order valence-electron chi connectivity index (χ1n) is 9.83. The van der Waals surface area contributed by atoms with Crippen LogP contribution in [-0.2, 0) is 12.7 Å². The molecule has 0 saturated carbocycles. The largest absolute Gasteiger partial charge is 0.460 e. The molecule has 0 aliphatic heterocycles. The number of aryl methyl sites for hydroxylation is 1. The van der Waals surface area contributed by atoms with E-state index in [1.807, 2.05) is 0 Å². The Morgan fingerprint density at radius 3 is 2.66 bits per heavy atom. The second-order valence-corrected chi connectivity index (χ2v) is 7.24. The molecule has 1 amide bonds. The number of unbranched alkanes of at least 4 members (excludes halogenated alkanes) is 3. The van der Waals surface area contributed by atoms with E-state index >= 15 is 0 Å². The zero-order valence-electron chi connectivity index (χ0n) is 16.6. The number of furan rings is 1. The number of fused-ring (bicyclic) bond motifs is 1. The van der Waals surface area contributed by atoms with Crippen molar-refractivity contribution >= 4 is 17.0 Å². The van der Waals surface area contributed by atoms with Crippen molar-refractivity contribution in [3.05, 3.63) is 59.0 Å². The Kier molecular flexibility index (Phi) is 6.35. The van der Waals surface area contributed by atoms with Gasteiger partial charge in [-0.2, -0.15) is 13.2 Å². The van der Waals surface area contributed by atoms with E-state index in [1.54, 1.807) is 29.7 Å². The Balaban J connectivity index is 1.86. The normalized spacial score (nSPS) is 11.9. The van der Waals surface area contributed by atoms with Crippen LogP contribution in [0.4, 0.5) is 13.2 Å². The Morgan fingerprint density at radius 1 is 1.14 bits per heavy atom. The number of carbonyl (C=O) groups is 1. The Labute approximate surface area is 167 Å². The van der Waals surface area contributed by atoms with Gasteiger partial charge in [-0.1, -0.05) is 38.3 Å². The summed E-state index contributed by atoms with van der Waals surface area (Å²) in [6.45, 7) is 4.62. The summed E-state index contributed by atoms with van der Waals surface area (Å²) in [6, 6.07) is 8.61. The Morgan fingerprint density at radius 2 is 1.93 bits per heavy atom. The first kappa shape index (κ1) is 21.0. The predicted molar refractivity (Wildman–Crippen MR) is 106 cm³/mol. The van der Waals surface area contributed by atoms with Gasteiger partial charge in [0.2, 0.25) is 0 Å². The summed E-state index contributed by atoms with van der Waals surface area (Å²) >= 11 is 0. The number of halogens is 3. The summed E-state index contributed by atoms with van der Waals surface area (Å²) in [5, 5.41) is 2.90. The van der Waals surface area contributed by atoms with Crippen LogP contribution >= 0.6 is 0 Å². The van der Waals surface area contributed by atoms with Crippen LogP contribution in [0.5, 0.6) is 0 Å². The summed E-state index contributed by atoms with van der Waals surface area (Å²) in [6.07, 6.45) is -0.239. The van der Waals surface area contributed by atoms with Gasteiger partial charge < -0.3 is 14.3 Å². The summed E-state index contributed by atoms with van der Waals surface area (Å²) in [4.78, 5) is 12.7. The molecule has 0 atom stereocenters. The summed E-state index contributed by atoms with van der Waals surface area (Å²) in [7, 11) is 0. The number of benzene rings is 1. The van der Waals surface area contributed by atoms with Crippen LogP contribution in [0.2, 0.25) is 0 Å². The monoisotopic (exact) mass is 406 g/mol. The summed E-state index contributed by atoms with van der Waals surface area (Å²) in [5.41, 5.74) is 1.38. The van der Waals surface area contributed by atoms with E-state index < -0.39 is 11.7 Å². The van der Waals surface area contributed by atoms with Crippen molar-refractivity contribution in [2.24, 2.45) is 0 Å². The second kappa shape index (κ2) is 8.76. The quantitative estimate of drug-likeness (QED) is 0.472. The van der Waals surface area contributed by atoms with Gasteiger partial charge in [0, 0.05) is 25.2 Å². The standard InChI is InChI=1S/C22H25F3N2O2/c1-3-4-5-6-10-26-21(28)19-13-20-18(11-15(2)29-20)27(19)14-16-8-7-9-17(12-16)22(23,24)25/h7-9,11-13H,3-6,10,14H2,1-2H3,(H,26,28). The molecule has 1 N–H and O–H groups in total. The molecular formula is C22H25F3N2O2. The zero-order valence-corrected chi connectivity index (χ0v) is 16.6. The number of hydrogen-bond acceptors (Lipinski definition) is 2. The van der Waals surface area contributed by atoms with E-state index in [4.69, 9.17) is 4.42 Å². The van der Waals surface area contributed by atoms with Gasteiger partial charge in [0.15, 0.2) is 5.58 Å². The fraction of sp³-hybridized carbons (Fsp3) is 0.409. The molecule has 0 aliphatic carbocycles. The van der Waals surface area contributed by atoms with Gasteiger partial charge in [-0.3, -0.25) is 4.79 Å². The number of nitrogens with zero attached hydrogens (tertiary/aromatic N) is 1. The average Bonchev–Trinajstić information content (AvgIpc) is 3.18. The molecule has 2 aromatic heterocycles. The Hall–Kier alpha value is -2.70. The molecule has 3 rings (SSSR count). The lowest BCUT2D eigenvalue weighted by molar-refractivity contribution is -0.137. The van der Waals surface area contributed by atoms with Gasteiger partial charge in [-0.05, 0) is 31.0 Å². The molecule has 29 heavy (non-hydrogen) atoms. The van der Waals surface area contributed by atoms with E-state index in [-0.39, 0.29) is 12.5 Å². The van der Waals surface area contributed by atoms with E-state index in [0.717, 1.165) is 37.8 Å². The van der Waals surface area contributed by atoms with Gasteiger partial charge in [0.1, 0.15) is 11.5 Å². The van der Waals surface area contributed by atoms with Crippen LogP contribution < -0.4 is 5.32 Å². The van der Waals surface area contributed by atoms with Crippen LogP contribution in [0, 0.1) is 6.92 Å². The van der Waals surface area contributed by atoms with Gasteiger partial charge in [0.25, 0.3) is 5.91 Å². The summed E-state index contributed by atoms with van der Waals surface area (Å²) in [5.74, 6) is 0.428. The van der Waals surface area contributed by atoms with Crippen molar-refractivity contribution in [1.29, 1.82) is 0 Å². The third kappa shape index (κ3) is 5.02. The highest BCUT2D eigenvalue weighted by Crippen LogP contribution is 2.30. The first-order chi connectivity index (χ1) is 13.8. The van der Waals surface area contributed by atoms with E-state index in [0.29, 0.717) is 34.7 Å². The van der Waals surface area contributed by atoms with Crippen molar-refractivity contribution in [2.45, 2.75) is 52.3 Å². The molecule has 2 heterocycles. The van der Waals surface area contributed by atoms with Gasteiger partial charge in [-0.25, -0.2) is 0 Å². The number of hydrogen-bond donors (Lipinski definition) is 1. The molecule has 0 spiro atoms.